The summed E-state index contributed by atoms with van der Waals surface area (Å²) in [7, 11) is 0. The van der Waals surface area contributed by atoms with Crippen LogP contribution in [0.25, 0.3) is 11.1 Å². The van der Waals surface area contributed by atoms with E-state index in [4.69, 9.17) is 0 Å². The monoisotopic (exact) mass is 199 g/mol. The van der Waals surface area contributed by atoms with Gasteiger partial charge in [-0.05, 0) is 47.4 Å². The minimum Gasteiger partial charge on any atom is -0.207 e. The third-order valence-electron chi connectivity index (χ3n) is 2.44. The molecule has 0 saturated carbocycles. The lowest BCUT2D eigenvalue weighted by Crippen LogP contribution is -1.82. The molecule has 0 amide bonds. The molecule has 0 aliphatic heterocycles. The van der Waals surface area contributed by atoms with Gasteiger partial charge < -0.3 is 0 Å². The van der Waals surface area contributed by atoms with Crippen molar-refractivity contribution in [3.8, 4) is 11.1 Å². The lowest BCUT2D eigenvalue weighted by Gasteiger charge is -2.02. The molecular weight excluding hydrogens is 187 g/mol. The summed E-state index contributed by atoms with van der Waals surface area (Å²) in [6.45, 7) is 2.10. The quantitative estimate of drug-likeness (QED) is 0.689. The van der Waals surface area contributed by atoms with E-state index in [1.165, 1.54) is 17.7 Å². The summed E-state index contributed by atoms with van der Waals surface area (Å²) < 4.78 is 12.7. The Bertz CT molecular complexity index is 426. The largest absolute Gasteiger partial charge is 0.207 e. The number of aryl methyl sites for hydroxylation is 1. The second-order valence-corrected chi connectivity index (χ2v) is 3.46. The third kappa shape index (κ3) is 2.24. The maximum absolute atomic E-state index is 12.7. The lowest BCUT2D eigenvalue weighted by atomic mass is 10.0. The van der Waals surface area contributed by atoms with E-state index in [-0.39, 0.29) is 5.82 Å². The zero-order valence-electron chi connectivity index (χ0n) is 8.63. The Hall–Kier alpha value is -1.63. The van der Waals surface area contributed by atoms with Gasteiger partial charge in [0.15, 0.2) is 0 Å². The van der Waals surface area contributed by atoms with Gasteiger partial charge in [-0.1, -0.05) is 31.2 Å². The van der Waals surface area contributed by atoms with Crippen LogP contribution in [0.3, 0.4) is 0 Å². The predicted molar refractivity (Wildman–Crippen MR) is 60.1 cm³/mol. The average molecular weight is 199 g/mol. The molecule has 0 atom stereocenters. The molecule has 0 bridgehead atoms. The summed E-state index contributed by atoms with van der Waals surface area (Å²) >= 11 is 0. The predicted octanol–water partition coefficient (Wildman–Crippen LogP) is 3.86. The molecule has 15 heavy (non-hydrogen) atoms. The maximum atomic E-state index is 12.7. The lowest BCUT2D eigenvalue weighted by molar-refractivity contribution is 0.628. The van der Waals surface area contributed by atoms with E-state index in [0.29, 0.717) is 0 Å². The molecule has 75 valence electrons. The molecular formula is C14H12F. The first kappa shape index (κ1) is 9.91. The summed E-state index contributed by atoms with van der Waals surface area (Å²) in [5.74, 6) is -0.201. The molecule has 1 heteroatoms. The number of hydrogen-bond donors (Lipinski definition) is 0. The Morgan fingerprint density at radius 1 is 1.00 bits per heavy atom. The van der Waals surface area contributed by atoms with Crippen molar-refractivity contribution in [1.29, 1.82) is 0 Å². The summed E-state index contributed by atoms with van der Waals surface area (Å²) in [5.41, 5.74) is 3.29. The van der Waals surface area contributed by atoms with E-state index in [9.17, 15) is 4.39 Å². The SMILES string of the molecule is CCc1[c]cc(-c2ccc(F)cc2)cc1. The molecule has 0 N–H and O–H groups in total. The molecule has 2 rings (SSSR count). The summed E-state index contributed by atoms with van der Waals surface area (Å²) in [6.07, 6.45) is 0.990. The Kier molecular flexibility index (Phi) is 2.82. The van der Waals surface area contributed by atoms with Gasteiger partial charge in [-0.3, -0.25) is 0 Å². The van der Waals surface area contributed by atoms with Gasteiger partial charge >= 0.3 is 0 Å². The van der Waals surface area contributed by atoms with Gasteiger partial charge in [0.1, 0.15) is 5.82 Å². The number of halogens is 1. The highest BCUT2D eigenvalue weighted by molar-refractivity contribution is 5.63. The molecule has 0 heterocycles. The van der Waals surface area contributed by atoms with Gasteiger partial charge in [0.25, 0.3) is 0 Å². The van der Waals surface area contributed by atoms with Crippen molar-refractivity contribution < 1.29 is 4.39 Å². The van der Waals surface area contributed by atoms with Crippen LogP contribution in [0.4, 0.5) is 4.39 Å². The molecule has 2 aromatic carbocycles. The van der Waals surface area contributed by atoms with E-state index >= 15 is 0 Å². The van der Waals surface area contributed by atoms with Crippen molar-refractivity contribution in [3.63, 3.8) is 0 Å². The summed E-state index contributed by atoms with van der Waals surface area (Å²) in [4.78, 5) is 0. The van der Waals surface area contributed by atoms with Crippen LogP contribution >= 0.6 is 0 Å². The van der Waals surface area contributed by atoms with E-state index in [1.807, 2.05) is 12.1 Å². The minimum atomic E-state index is -0.201. The van der Waals surface area contributed by atoms with Gasteiger partial charge in [0.05, 0.1) is 0 Å². The average Bonchev–Trinajstić information content (AvgIpc) is 2.30. The van der Waals surface area contributed by atoms with Gasteiger partial charge in [0, 0.05) is 0 Å². The number of benzene rings is 2. The smallest absolute Gasteiger partial charge is 0.123 e. The van der Waals surface area contributed by atoms with Crippen molar-refractivity contribution in [2.24, 2.45) is 0 Å². The Morgan fingerprint density at radius 3 is 2.20 bits per heavy atom. The third-order valence-corrected chi connectivity index (χ3v) is 2.44. The van der Waals surface area contributed by atoms with Crippen LogP contribution in [-0.4, -0.2) is 0 Å². The van der Waals surface area contributed by atoms with Crippen molar-refractivity contribution in [2.45, 2.75) is 13.3 Å². The van der Waals surface area contributed by atoms with Gasteiger partial charge in [-0.2, -0.15) is 0 Å². The van der Waals surface area contributed by atoms with Crippen LogP contribution in [0, 0.1) is 11.9 Å². The first-order valence-corrected chi connectivity index (χ1v) is 5.06. The van der Waals surface area contributed by atoms with Crippen LogP contribution in [0.2, 0.25) is 0 Å². The maximum Gasteiger partial charge on any atom is 0.123 e. The second-order valence-electron chi connectivity index (χ2n) is 3.46. The molecule has 0 spiro atoms. The van der Waals surface area contributed by atoms with E-state index in [1.54, 1.807) is 12.1 Å². The van der Waals surface area contributed by atoms with Crippen molar-refractivity contribution in [1.82, 2.24) is 0 Å². The summed E-state index contributed by atoms with van der Waals surface area (Å²) in [5, 5.41) is 0. The van der Waals surface area contributed by atoms with Gasteiger partial charge in [0.2, 0.25) is 0 Å². The normalized spacial score (nSPS) is 10.3. The molecule has 0 aliphatic carbocycles. The second kappa shape index (κ2) is 4.26. The van der Waals surface area contributed by atoms with Crippen molar-refractivity contribution in [3.05, 3.63) is 59.9 Å². The number of rotatable bonds is 2. The Labute approximate surface area is 89.4 Å². The highest BCUT2D eigenvalue weighted by atomic mass is 19.1. The molecule has 2 aromatic rings. The molecule has 0 aliphatic rings. The zero-order valence-corrected chi connectivity index (χ0v) is 8.63. The molecule has 0 saturated heterocycles. The van der Waals surface area contributed by atoms with Crippen LogP contribution in [-0.2, 0) is 6.42 Å². The highest BCUT2D eigenvalue weighted by Crippen LogP contribution is 2.19. The molecule has 0 fully saturated rings. The first-order chi connectivity index (χ1) is 7.29. The topological polar surface area (TPSA) is 0 Å². The molecule has 1 radical (unpaired) electrons. The fourth-order valence-electron chi connectivity index (χ4n) is 1.50. The zero-order chi connectivity index (χ0) is 10.7. The highest BCUT2D eigenvalue weighted by Gasteiger charge is 1.97. The van der Waals surface area contributed by atoms with E-state index in [2.05, 4.69) is 19.1 Å². The standard InChI is InChI=1S/C14H12F/c1-2-11-3-5-12(6-4-11)13-7-9-14(15)10-8-13/h3,5-10H,2H2,1H3. The Balaban J connectivity index is 2.33. The van der Waals surface area contributed by atoms with E-state index in [0.717, 1.165) is 17.5 Å². The molecule has 0 unspecified atom stereocenters. The molecule has 0 nitrogen and oxygen atoms in total. The van der Waals surface area contributed by atoms with Crippen LogP contribution in [0.1, 0.15) is 12.5 Å². The fourth-order valence-corrected chi connectivity index (χ4v) is 1.50. The Morgan fingerprint density at radius 2 is 1.67 bits per heavy atom. The first-order valence-electron chi connectivity index (χ1n) is 5.06. The van der Waals surface area contributed by atoms with Gasteiger partial charge in [-0.25, -0.2) is 4.39 Å². The molecule has 0 aromatic heterocycles. The number of hydrogen-bond acceptors (Lipinski definition) is 0. The van der Waals surface area contributed by atoms with Crippen molar-refractivity contribution in [2.75, 3.05) is 0 Å². The van der Waals surface area contributed by atoms with Crippen LogP contribution < -0.4 is 0 Å². The van der Waals surface area contributed by atoms with Crippen molar-refractivity contribution >= 4 is 0 Å². The summed E-state index contributed by atoms with van der Waals surface area (Å²) in [6, 6.07) is 15.8. The fraction of sp³-hybridized carbons (Fsp3) is 0.143. The van der Waals surface area contributed by atoms with Crippen LogP contribution in [0.5, 0.6) is 0 Å². The minimum absolute atomic E-state index is 0.201. The van der Waals surface area contributed by atoms with E-state index < -0.39 is 0 Å². The van der Waals surface area contributed by atoms with Gasteiger partial charge in [-0.15, -0.1) is 0 Å². The van der Waals surface area contributed by atoms with Crippen LogP contribution in [0.15, 0.2) is 42.5 Å².